The molecule has 1 unspecified atom stereocenters. The first kappa shape index (κ1) is 28.1. The average molecular weight is 573 g/mol. The van der Waals surface area contributed by atoms with Gasteiger partial charge < -0.3 is 15.0 Å². The van der Waals surface area contributed by atoms with E-state index < -0.39 is 15.4 Å². The first-order valence-corrected chi connectivity index (χ1v) is 16.8. The number of carbonyl (C=O) groups excluding carboxylic acids is 1. The Hall–Kier alpha value is -2.48. The van der Waals surface area contributed by atoms with Gasteiger partial charge in [-0.25, -0.2) is 13.4 Å². The summed E-state index contributed by atoms with van der Waals surface area (Å²) in [6, 6.07) is 10.6. The number of aromatic nitrogens is 1. The second-order valence-corrected chi connectivity index (χ2v) is 14.5. The first-order valence-electron chi connectivity index (χ1n) is 14.2. The standard InChI is InChI=1S/C18H22N2O3S2.C11H16N2O.H2/c21-25(22)10-7-20(8-11-25)16-5-3-14(4-6-16)17-12-19-18(24-17)15-2-1-9-23-13-15;12-8-11(6-7-11)13-10(14)9-4-2-1-3-5-9;/h3-6,12,15H,1-2,7-11,13H2;9H,1-7H2,(H,13,14);1H. The Kier molecular flexibility index (Phi) is 8.89. The number of benzene rings is 1. The van der Waals surface area contributed by atoms with Crippen LogP contribution >= 0.6 is 11.3 Å². The van der Waals surface area contributed by atoms with Crippen molar-refractivity contribution in [3.8, 4) is 16.5 Å². The molecule has 3 heterocycles. The summed E-state index contributed by atoms with van der Waals surface area (Å²) >= 11 is 1.75. The lowest BCUT2D eigenvalue weighted by Gasteiger charge is -2.28. The third kappa shape index (κ3) is 7.38. The molecule has 2 aliphatic heterocycles. The minimum Gasteiger partial charge on any atom is -0.381 e. The minimum atomic E-state index is -2.84. The number of nitrogens with zero attached hydrogens (tertiary/aromatic N) is 3. The predicted molar refractivity (Wildman–Crippen MR) is 156 cm³/mol. The molecule has 10 heteroatoms. The van der Waals surface area contributed by atoms with E-state index in [0.29, 0.717) is 19.0 Å². The van der Waals surface area contributed by atoms with E-state index in [0.717, 1.165) is 75.8 Å². The number of nitriles is 1. The normalized spacial score (nSPS) is 24.1. The quantitative estimate of drug-likeness (QED) is 0.541. The van der Waals surface area contributed by atoms with Gasteiger partial charge in [0, 0.05) is 44.8 Å². The highest BCUT2D eigenvalue weighted by atomic mass is 32.2. The smallest absolute Gasteiger partial charge is 0.224 e. The number of hydrogen-bond donors (Lipinski definition) is 1. The van der Waals surface area contributed by atoms with Crippen molar-refractivity contribution in [2.75, 3.05) is 42.7 Å². The number of sulfone groups is 1. The number of ether oxygens (including phenoxy) is 1. The maximum Gasteiger partial charge on any atom is 0.224 e. The fourth-order valence-electron chi connectivity index (χ4n) is 5.44. The van der Waals surface area contributed by atoms with Gasteiger partial charge in [-0.2, -0.15) is 5.26 Å². The molecule has 212 valence electrons. The van der Waals surface area contributed by atoms with Gasteiger partial charge in [0.1, 0.15) is 5.54 Å². The molecule has 8 nitrogen and oxygen atoms in total. The van der Waals surface area contributed by atoms with Crippen molar-refractivity contribution in [1.82, 2.24) is 10.3 Å². The zero-order chi connectivity index (χ0) is 27.3. The molecule has 2 aromatic rings. The van der Waals surface area contributed by atoms with Crippen LogP contribution in [0.3, 0.4) is 0 Å². The Morgan fingerprint density at radius 2 is 1.82 bits per heavy atom. The van der Waals surface area contributed by atoms with Gasteiger partial charge in [-0.15, -0.1) is 11.3 Å². The van der Waals surface area contributed by atoms with E-state index in [1.807, 2.05) is 6.20 Å². The topological polar surface area (TPSA) is 112 Å². The molecule has 0 bridgehead atoms. The van der Waals surface area contributed by atoms with Crippen LogP contribution in [-0.4, -0.2) is 62.7 Å². The van der Waals surface area contributed by atoms with Crippen LogP contribution in [0.4, 0.5) is 5.69 Å². The van der Waals surface area contributed by atoms with Crippen molar-refractivity contribution in [1.29, 1.82) is 5.26 Å². The predicted octanol–water partition coefficient (Wildman–Crippen LogP) is 4.92. The lowest BCUT2D eigenvalue weighted by molar-refractivity contribution is -0.126. The van der Waals surface area contributed by atoms with Gasteiger partial charge in [-0.3, -0.25) is 4.79 Å². The van der Waals surface area contributed by atoms with Crippen LogP contribution in [0.5, 0.6) is 0 Å². The van der Waals surface area contributed by atoms with Gasteiger partial charge in [-0.05, 0) is 56.2 Å². The van der Waals surface area contributed by atoms with Gasteiger partial charge in [-0.1, -0.05) is 31.4 Å². The highest BCUT2D eigenvalue weighted by Crippen LogP contribution is 2.36. The van der Waals surface area contributed by atoms with Crippen molar-refractivity contribution in [3.05, 3.63) is 35.5 Å². The third-order valence-electron chi connectivity index (χ3n) is 8.20. The van der Waals surface area contributed by atoms with E-state index >= 15 is 0 Å². The van der Waals surface area contributed by atoms with Crippen molar-refractivity contribution in [2.24, 2.45) is 5.92 Å². The van der Waals surface area contributed by atoms with Crippen molar-refractivity contribution < 1.29 is 19.4 Å². The number of hydrogen-bond acceptors (Lipinski definition) is 8. The SMILES string of the molecule is N#CC1(NC(=O)C2CCCCC2)CC1.O=S1(=O)CCN(c2ccc(-c3cnc(C4CCCOC4)s3)cc2)CC1.[HH]. The molecule has 6 rings (SSSR count). The summed E-state index contributed by atoms with van der Waals surface area (Å²) in [5.41, 5.74) is 1.77. The number of thiazole rings is 1. The lowest BCUT2D eigenvalue weighted by atomic mass is 9.88. The molecule has 2 saturated heterocycles. The van der Waals surface area contributed by atoms with E-state index in [2.05, 4.69) is 45.5 Å². The fraction of sp³-hybridized carbons (Fsp3) is 0.621. The van der Waals surface area contributed by atoms with E-state index in [-0.39, 0.29) is 24.8 Å². The zero-order valence-corrected chi connectivity index (χ0v) is 24.1. The lowest BCUT2D eigenvalue weighted by Crippen LogP contribution is -2.40. The number of nitrogens with one attached hydrogen (secondary N) is 1. The molecule has 39 heavy (non-hydrogen) atoms. The van der Waals surface area contributed by atoms with Crippen LogP contribution in [0.2, 0.25) is 0 Å². The zero-order valence-electron chi connectivity index (χ0n) is 22.4. The fourth-order valence-corrected chi connectivity index (χ4v) is 7.69. The molecule has 1 amide bonds. The van der Waals surface area contributed by atoms with Crippen LogP contribution in [0.25, 0.3) is 10.4 Å². The Morgan fingerprint density at radius 1 is 1.10 bits per heavy atom. The highest BCUT2D eigenvalue weighted by Gasteiger charge is 2.45. The molecule has 2 saturated carbocycles. The van der Waals surface area contributed by atoms with Crippen LogP contribution in [0.15, 0.2) is 30.5 Å². The molecular weight excluding hydrogens is 532 g/mol. The first-order chi connectivity index (χ1) is 18.9. The number of anilines is 1. The van der Waals surface area contributed by atoms with Crippen LogP contribution in [0, 0.1) is 17.2 Å². The van der Waals surface area contributed by atoms with Gasteiger partial charge in [0.15, 0.2) is 9.84 Å². The summed E-state index contributed by atoms with van der Waals surface area (Å²) in [6.07, 6.45) is 11.5. The van der Waals surface area contributed by atoms with E-state index in [1.54, 1.807) is 11.3 Å². The third-order valence-corrected chi connectivity index (χ3v) is 11.0. The maximum absolute atomic E-state index is 11.8. The summed E-state index contributed by atoms with van der Waals surface area (Å²) in [4.78, 5) is 19.7. The van der Waals surface area contributed by atoms with E-state index in [9.17, 15) is 13.2 Å². The maximum atomic E-state index is 11.8. The Morgan fingerprint density at radius 3 is 2.44 bits per heavy atom. The highest BCUT2D eigenvalue weighted by molar-refractivity contribution is 7.91. The monoisotopic (exact) mass is 572 g/mol. The molecule has 0 radical (unpaired) electrons. The second kappa shape index (κ2) is 12.4. The van der Waals surface area contributed by atoms with Gasteiger partial charge in [0.2, 0.25) is 5.91 Å². The van der Waals surface area contributed by atoms with Crippen LogP contribution in [-0.2, 0) is 19.4 Å². The Labute approximate surface area is 237 Å². The second-order valence-electron chi connectivity index (χ2n) is 11.2. The van der Waals surface area contributed by atoms with E-state index in [4.69, 9.17) is 10.00 Å². The van der Waals surface area contributed by atoms with Crippen LogP contribution < -0.4 is 10.2 Å². The van der Waals surface area contributed by atoms with Gasteiger partial charge in [0.05, 0.1) is 34.1 Å². The molecule has 2 aliphatic carbocycles. The Bertz CT molecular complexity index is 1260. The summed E-state index contributed by atoms with van der Waals surface area (Å²) in [7, 11) is -2.84. The van der Waals surface area contributed by atoms with Gasteiger partial charge >= 0.3 is 0 Å². The summed E-state index contributed by atoms with van der Waals surface area (Å²) < 4.78 is 28.7. The molecule has 1 aromatic heterocycles. The molecule has 1 atom stereocenters. The molecule has 4 aliphatic rings. The number of carbonyl (C=O) groups is 1. The van der Waals surface area contributed by atoms with Crippen molar-refractivity contribution in [2.45, 2.75) is 69.2 Å². The largest absolute Gasteiger partial charge is 0.381 e. The minimum absolute atomic E-state index is 0. The summed E-state index contributed by atoms with van der Waals surface area (Å²) in [5.74, 6) is 1.22. The Balaban J connectivity index is 0.000000210. The summed E-state index contributed by atoms with van der Waals surface area (Å²) in [5, 5.41) is 12.9. The van der Waals surface area contributed by atoms with Crippen molar-refractivity contribution in [3.63, 3.8) is 0 Å². The molecule has 1 N–H and O–H groups in total. The summed E-state index contributed by atoms with van der Waals surface area (Å²) in [6.45, 7) is 2.81. The number of rotatable bonds is 5. The molecule has 4 fully saturated rings. The van der Waals surface area contributed by atoms with Crippen LogP contribution in [0.1, 0.15) is 70.1 Å². The molecule has 1 aromatic carbocycles. The molecular formula is C29H40N4O4S2. The van der Waals surface area contributed by atoms with Gasteiger partial charge in [0.25, 0.3) is 0 Å². The average Bonchev–Trinajstić information content (AvgIpc) is 3.57. The van der Waals surface area contributed by atoms with Crippen molar-refractivity contribution >= 4 is 32.8 Å². The van der Waals surface area contributed by atoms with E-state index in [1.165, 1.54) is 16.3 Å². The molecule has 0 spiro atoms. The number of amides is 1.